The number of pyridine rings is 1. The van der Waals surface area contributed by atoms with E-state index in [1.165, 1.54) is 25.7 Å². The van der Waals surface area contributed by atoms with Crippen molar-refractivity contribution >= 4 is 11.7 Å². The van der Waals surface area contributed by atoms with Crippen molar-refractivity contribution in [2.45, 2.75) is 70.4 Å². The molecule has 1 aliphatic carbocycles. The largest absolute Gasteiger partial charge is 0.387 e. The molecule has 1 spiro atoms. The summed E-state index contributed by atoms with van der Waals surface area (Å²) in [5.74, 6) is 1.36. The zero-order chi connectivity index (χ0) is 18.1. The summed E-state index contributed by atoms with van der Waals surface area (Å²) in [4.78, 5) is 21.7. The van der Waals surface area contributed by atoms with E-state index in [1.54, 1.807) is 6.92 Å². The predicted octanol–water partition coefficient (Wildman–Crippen LogP) is 3.29. The van der Waals surface area contributed by atoms with Gasteiger partial charge < -0.3 is 14.9 Å². The Labute approximate surface area is 156 Å². The van der Waals surface area contributed by atoms with Crippen LogP contribution in [-0.2, 0) is 4.79 Å². The van der Waals surface area contributed by atoms with E-state index in [2.05, 4.69) is 14.8 Å². The Hall–Kier alpha value is -1.62. The molecule has 0 unspecified atom stereocenters. The molecule has 5 heteroatoms. The molecule has 1 saturated carbocycles. The van der Waals surface area contributed by atoms with E-state index in [4.69, 9.17) is 0 Å². The zero-order valence-corrected chi connectivity index (χ0v) is 15.9. The van der Waals surface area contributed by atoms with Crippen LogP contribution in [0.15, 0.2) is 18.2 Å². The first kappa shape index (κ1) is 17.8. The molecule has 142 valence electrons. The summed E-state index contributed by atoms with van der Waals surface area (Å²) in [5, 5.41) is 9.78. The Morgan fingerprint density at radius 3 is 2.62 bits per heavy atom. The Morgan fingerprint density at radius 1 is 1.19 bits per heavy atom. The van der Waals surface area contributed by atoms with Crippen molar-refractivity contribution in [3.05, 3.63) is 23.9 Å². The van der Waals surface area contributed by atoms with Crippen LogP contribution in [-0.4, -0.2) is 46.6 Å². The molecule has 4 rings (SSSR count). The molecule has 1 aromatic heterocycles. The number of carbonyl (C=O) groups excluding carboxylic acids is 1. The second-order valence-corrected chi connectivity index (χ2v) is 8.54. The van der Waals surface area contributed by atoms with E-state index in [0.29, 0.717) is 17.4 Å². The van der Waals surface area contributed by atoms with Gasteiger partial charge in [0.2, 0.25) is 5.91 Å². The van der Waals surface area contributed by atoms with Gasteiger partial charge in [-0.1, -0.05) is 18.9 Å². The fourth-order valence-corrected chi connectivity index (χ4v) is 5.06. The maximum atomic E-state index is 12.5. The number of hydrogen-bond donors (Lipinski definition) is 1. The lowest BCUT2D eigenvalue weighted by molar-refractivity contribution is -0.141. The molecular formula is C21H31N3O2. The van der Waals surface area contributed by atoms with E-state index < -0.39 is 6.10 Å². The van der Waals surface area contributed by atoms with Crippen LogP contribution in [0.2, 0.25) is 0 Å². The third-order valence-corrected chi connectivity index (χ3v) is 6.79. The quantitative estimate of drug-likeness (QED) is 0.902. The van der Waals surface area contributed by atoms with E-state index in [-0.39, 0.29) is 0 Å². The number of aliphatic hydroxyl groups excluding tert-OH is 1. The molecule has 1 amide bonds. The van der Waals surface area contributed by atoms with Crippen molar-refractivity contribution in [3.63, 3.8) is 0 Å². The van der Waals surface area contributed by atoms with E-state index in [0.717, 1.165) is 56.8 Å². The van der Waals surface area contributed by atoms with E-state index in [1.807, 2.05) is 18.2 Å². The fraction of sp³-hybridized carbons (Fsp3) is 0.714. The molecule has 3 fully saturated rings. The van der Waals surface area contributed by atoms with Gasteiger partial charge in [0.15, 0.2) is 0 Å². The smallest absolute Gasteiger partial charge is 0.222 e. The maximum Gasteiger partial charge on any atom is 0.222 e. The molecular weight excluding hydrogens is 326 g/mol. The maximum absolute atomic E-state index is 12.5. The molecule has 1 N–H and O–H groups in total. The summed E-state index contributed by atoms with van der Waals surface area (Å²) < 4.78 is 0. The number of rotatable bonds is 3. The van der Waals surface area contributed by atoms with Crippen LogP contribution in [0.25, 0.3) is 0 Å². The number of piperidine rings is 2. The lowest BCUT2D eigenvalue weighted by Gasteiger charge is -2.49. The SMILES string of the molecule is C[C@@H](O)c1cccc(N2CCC3(CCC(=O)N(C4CCCC4)C3)CC2)n1. The molecule has 2 saturated heterocycles. The molecule has 1 atom stereocenters. The Balaban J connectivity index is 1.42. The fourth-order valence-electron chi connectivity index (χ4n) is 5.06. The van der Waals surface area contributed by atoms with E-state index in [9.17, 15) is 9.90 Å². The standard InChI is InChI=1S/C21H31N3O2/c1-16(25)18-7-4-8-19(22-18)23-13-11-21(12-14-23)10-9-20(26)24(15-21)17-5-2-3-6-17/h4,7-8,16-17,25H,2-3,5-6,9-15H2,1H3/t16-/m1/s1. The Kier molecular flexibility index (Phi) is 4.91. The average molecular weight is 357 g/mol. The second-order valence-electron chi connectivity index (χ2n) is 8.54. The summed E-state index contributed by atoms with van der Waals surface area (Å²) in [7, 11) is 0. The van der Waals surface area contributed by atoms with Crippen LogP contribution < -0.4 is 4.90 Å². The third kappa shape index (κ3) is 3.46. The van der Waals surface area contributed by atoms with Gasteiger partial charge in [0.05, 0.1) is 11.8 Å². The Bertz CT molecular complexity index is 646. The van der Waals surface area contributed by atoms with Gasteiger partial charge in [0, 0.05) is 32.1 Å². The average Bonchev–Trinajstić information content (AvgIpc) is 3.19. The second kappa shape index (κ2) is 7.18. The van der Waals surface area contributed by atoms with Gasteiger partial charge in [-0.2, -0.15) is 0 Å². The topological polar surface area (TPSA) is 56.7 Å². The summed E-state index contributed by atoms with van der Waals surface area (Å²) in [6.07, 6.45) is 8.45. The van der Waals surface area contributed by atoms with Crippen molar-refractivity contribution in [1.82, 2.24) is 9.88 Å². The van der Waals surface area contributed by atoms with Crippen molar-refractivity contribution in [1.29, 1.82) is 0 Å². The summed E-state index contributed by atoms with van der Waals surface area (Å²) in [6, 6.07) is 6.41. The first-order valence-corrected chi connectivity index (χ1v) is 10.3. The van der Waals surface area contributed by atoms with Crippen molar-refractivity contribution < 1.29 is 9.90 Å². The van der Waals surface area contributed by atoms with Crippen LogP contribution in [0.5, 0.6) is 0 Å². The normalized spacial score (nSPS) is 25.1. The summed E-state index contributed by atoms with van der Waals surface area (Å²) in [5.41, 5.74) is 1.04. The van der Waals surface area contributed by atoms with Gasteiger partial charge >= 0.3 is 0 Å². The van der Waals surface area contributed by atoms with Crippen LogP contribution in [0.3, 0.4) is 0 Å². The highest BCUT2D eigenvalue weighted by Crippen LogP contribution is 2.42. The first-order chi connectivity index (χ1) is 12.6. The third-order valence-electron chi connectivity index (χ3n) is 6.79. The number of likely N-dealkylation sites (tertiary alicyclic amines) is 1. The van der Waals surface area contributed by atoms with Crippen LogP contribution in [0, 0.1) is 5.41 Å². The van der Waals surface area contributed by atoms with Gasteiger partial charge in [-0.05, 0) is 56.6 Å². The number of amides is 1. The van der Waals surface area contributed by atoms with Gasteiger partial charge in [-0.3, -0.25) is 4.79 Å². The highest BCUT2D eigenvalue weighted by atomic mass is 16.3. The summed E-state index contributed by atoms with van der Waals surface area (Å²) in [6.45, 7) is 4.70. The van der Waals surface area contributed by atoms with Crippen LogP contribution >= 0.6 is 0 Å². The number of anilines is 1. The highest BCUT2D eigenvalue weighted by molar-refractivity contribution is 5.77. The monoisotopic (exact) mass is 357 g/mol. The van der Waals surface area contributed by atoms with Gasteiger partial charge in [-0.15, -0.1) is 0 Å². The van der Waals surface area contributed by atoms with E-state index >= 15 is 0 Å². The predicted molar refractivity (Wildman–Crippen MR) is 102 cm³/mol. The molecule has 26 heavy (non-hydrogen) atoms. The lowest BCUT2D eigenvalue weighted by atomic mass is 9.72. The molecule has 1 aromatic rings. The number of aliphatic hydroxyl groups is 1. The number of hydrogen-bond acceptors (Lipinski definition) is 4. The number of carbonyl (C=O) groups is 1. The van der Waals surface area contributed by atoms with Gasteiger partial charge in [-0.25, -0.2) is 4.98 Å². The van der Waals surface area contributed by atoms with Crippen molar-refractivity contribution in [2.24, 2.45) is 5.41 Å². The lowest BCUT2D eigenvalue weighted by Crippen LogP contribution is -2.54. The first-order valence-electron chi connectivity index (χ1n) is 10.3. The van der Waals surface area contributed by atoms with Crippen molar-refractivity contribution in [3.8, 4) is 0 Å². The zero-order valence-electron chi connectivity index (χ0n) is 15.9. The van der Waals surface area contributed by atoms with Crippen LogP contribution in [0.4, 0.5) is 5.82 Å². The molecule has 0 aromatic carbocycles. The van der Waals surface area contributed by atoms with Gasteiger partial charge in [0.25, 0.3) is 0 Å². The number of nitrogens with zero attached hydrogens (tertiary/aromatic N) is 3. The molecule has 5 nitrogen and oxygen atoms in total. The van der Waals surface area contributed by atoms with Gasteiger partial charge in [0.1, 0.15) is 5.82 Å². The molecule has 3 heterocycles. The Morgan fingerprint density at radius 2 is 1.92 bits per heavy atom. The summed E-state index contributed by atoms with van der Waals surface area (Å²) >= 11 is 0. The minimum atomic E-state index is -0.532. The molecule has 0 radical (unpaired) electrons. The minimum Gasteiger partial charge on any atom is -0.387 e. The molecule has 3 aliphatic rings. The molecule has 0 bridgehead atoms. The molecule has 2 aliphatic heterocycles. The highest BCUT2D eigenvalue weighted by Gasteiger charge is 2.43. The van der Waals surface area contributed by atoms with Crippen LogP contribution in [0.1, 0.15) is 70.1 Å². The number of aromatic nitrogens is 1. The minimum absolute atomic E-state index is 0.300. The van der Waals surface area contributed by atoms with Crippen molar-refractivity contribution in [2.75, 3.05) is 24.5 Å².